The number of hydrogen-bond acceptors (Lipinski definition) is 3. The second-order valence-corrected chi connectivity index (χ2v) is 4.34. The minimum absolute atomic E-state index is 0.165. The molecular weight excluding hydrogens is 236 g/mol. The van der Waals surface area contributed by atoms with Gasteiger partial charge in [0, 0.05) is 17.8 Å². The average Bonchev–Trinajstić information content (AvgIpc) is 2.63. The highest BCUT2D eigenvalue weighted by Crippen LogP contribution is 2.19. The number of nitrogens with zero attached hydrogens (tertiary/aromatic N) is 2. The number of aromatic nitrogens is 1. The third-order valence-corrected chi connectivity index (χ3v) is 2.61. The molecule has 1 aliphatic rings. The Morgan fingerprint density at radius 3 is 3.15 bits per heavy atom. The molecule has 0 spiro atoms. The van der Waals surface area contributed by atoms with Crippen molar-refractivity contribution >= 4 is 21.8 Å². The van der Waals surface area contributed by atoms with E-state index in [9.17, 15) is 4.79 Å². The molecule has 1 unspecified atom stereocenters. The molecule has 0 aliphatic carbocycles. The average molecular weight is 245 g/mol. The molecule has 1 aliphatic heterocycles. The highest BCUT2D eigenvalue weighted by molar-refractivity contribution is 9.09. The van der Waals surface area contributed by atoms with Crippen molar-refractivity contribution in [3.05, 3.63) is 18.4 Å². The summed E-state index contributed by atoms with van der Waals surface area (Å²) in [7, 11) is 0. The minimum atomic E-state index is 0.165. The summed E-state index contributed by atoms with van der Waals surface area (Å²) in [5.41, 5.74) is 0. The van der Waals surface area contributed by atoms with Crippen LogP contribution in [0.2, 0.25) is 0 Å². The van der Waals surface area contributed by atoms with Gasteiger partial charge in [-0.15, -0.1) is 0 Å². The van der Waals surface area contributed by atoms with E-state index in [1.165, 1.54) is 6.39 Å². The van der Waals surface area contributed by atoms with Gasteiger partial charge in [0.15, 0.2) is 6.39 Å². The Bertz CT molecular complexity index is 299. The number of hydrogen-bond donors (Lipinski definition) is 0. The number of oxazole rings is 1. The van der Waals surface area contributed by atoms with Crippen molar-refractivity contribution in [2.75, 3.05) is 6.54 Å². The maximum absolute atomic E-state index is 11.3. The van der Waals surface area contributed by atoms with E-state index >= 15 is 0 Å². The van der Waals surface area contributed by atoms with Gasteiger partial charge < -0.3 is 9.32 Å². The van der Waals surface area contributed by atoms with Crippen molar-refractivity contribution in [1.29, 1.82) is 0 Å². The molecule has 70 valence electrons. The lowest BCUT2D eigenvalue weighted by molar-refractivity contribution is -0.128. The summed E-state index contributed by atoms with van der Waals surface area (Å²) in [6.07, 6.45) is 3.59. The van der Waals surface area contributed by atoms with E-state index in [0.717, 1.165) is 12.3 Å². The van der Waals surface area contributed by atoms with Crippen LogP contribution in [0.3, 0.4) is 0 Å². The van der Waals surface area contributed by atoms with Crippen LogP contribution in [-0.2, 0) is 11.3 Å². The highest BCUT2D eigenvalue weighted by Gasteiger charge is 2.27. The van der Waals surface area contributed by atoms with E-state index in [0.29, 0.717) is 13.0 Å². The summed E-state index contributed by atoms with van der Waals surface area (Å²) >= 11 is 3.41. The van der Waals surface area contributed by atoms with Gasteiger partial charge in [-0.25, -0.2) is 4.98 Å². The van der Waals surface area contributed by atoms with E-state index in [1.54, 1.807) is 11.1 Å². The molecule has 0 saturated carbocycles. The maximum atomic E-state index is 11.3. The molecule has 0 radical (unpaired) electrons. The lowest BCUT2D eigenvalue weighted by Gasteiger charge is -2.12. The molecule has 4 nitrogen and oxygen atoms in total. The van der Waals surface area contributed by atoms with Crippen LogP contribution in [-0.4, -0.2) is 27.2 Å². The van der Waals surface area contributed by atoms with Crippen LogP contribution in [0.4, 0.5) is 0 Å². The molecule has 0 aromatic carbocycles. The molecule has 5 heteroatoms. The Morgan fingerprint density at radius 2 is 2.62 bits per heavy atom. The molecule has 0 N–H and O–H groups in total. The van der Waals surface area contributed by atoms with Crippen molar-refractivity contribution in [2.24, 2.45) is 0 Å². The smallest absolute Gasteiger partial charge is 0.224 e. The van der Waals surface area contributed by atoms with Crippen LogP contribution in [0.1, 0.15) is 12.2 Å². The predicted molar refractivity (Wildman–Crippen MR) is 49.3 cm³/mol. The lowest BCUT2D eigenvalue weighted by Crippen LogP contribution is -2.24. The van der Waals surface area contributed by atoms with Crippen LogP contribution < -0.4 is 0 Å². The number of halogens is 1. The van der Waals surface area contributed by atoms with Crippen molar-refractivity contribution in [1.82, 2.24) is 9.88 Å². The Hall–Kier alpha value is -0.840. The quantitative estimate of drug-likeness (QED) is 0.735. The third kappa shape index (κ3) is 1.91. The fourth-order valence-corrected chi connectivity index (χ4v) is 2.01. The first-order chi connectivity index (χ1) is 6.25. The highest BCUT2D eigenvalue weighted by atomic mass is 79.9. The van der Waals surface area contributed by atoms with E-state index in [1.807, 2.05) is 0 Å². The first-order valence-corrected chi connectivity index (χ1v) is 4.96. The van der Waals surface area contributed by atoms with Gasteiger partial charge >= 0.3 is 0 Å². The Kier molecular flexibility index (Phi) is 2.35. The summed E-state index contributed by atoms with van der Waals surface area (Å²) < 4.78 is 5.06. The monoisotopic (exact) mass is 244 g/mol. The zero-order valence-electron chi connectivity index (χ0n) is 6.94. The fourth-order valence-electron chi connectivity index (χ4n) is 1.39. The predicted octanol–water partition coefficient (Wildman–Crippen LogP) is 1.17. The summed E-state index contributed by atoms with van der Waals surface area (Å²) in [6.45, 7) is 1.28. The van der Waals surface area contributed by atoms with E-state index in [2.05, 4.69) is 20.9 Å². The van der Waals surface area contributed by atoms with Crippen molar-refractivity contribution < 1.29 is 9.21 Å². The van der Waals surface area contributed by atoms with Gasteiger partial charge in [0.2, 0.25) is 5.91 Å². The van der Waals surface area contributed by atoms with Crippen LogP contribution >= 0.6 is 15.9 Å². The summed E-state index contributed by atoms with van der Waals surface area (Å²) in [4.78, 5) is 17.2. The number of likely N-dealkylation sites (tertiary alicyclic amines) is 1. The van der Waals surface area contributed by atoms with Gasteiger partial charge in [-0.3, -0.25) is 4.79 Å². The fraction of sp³-hybridized carbons (Fsp3) is 0.500. The number of alkyl halides is 1. The Morgan fingerprint density at radius 1 is 1.77 bits per heavy atom. The molecule has 0 bridgehead atoms. The summed E-state index contributed by atoms with van der Waals surface area (Å²) in [6, 6.07) is 0. The number of rotatable bonds is 2. The molecule has 1 fully saturated rings. The summed E-state index contributed by atoms with van der Waals surface area (Å²) in [5, 5.41) is 0. The van der Waals surface area contributed by atoms with Crippen molar-refractivity contribution in [3.63, 3.8) is 0 Å². The van der Waals surface area contributed by atoms with Crippen LogP contribution in [0, 0.1) is 0 Å². The molecule has 1 aromatic heterocycles. The Balaban J connectivity index is 1.99. The van der Waals surface area contributed by atoms with E-state index < -0.39 is 0 Å². The van der Waals surface area contributed by atoms with Crippen LogP contribution in [0.15, 0.2) is 17.0 Å². The molecule has 1 atom stereocenters. The number of amides is 1. The first-order valence-electron chi connectivity index (χ1n) is 4.05. The number of carbonyl (C=O) groups excluding carboxylic acids is 1. The lowest BCUT2D eigenvalue weighted by atomic mass is 10.4. The van der Waals surface area contributed by atoms with Crippen LogP contribution in [0.25, 0.3) is 0 Å². The molecule has 1 aromatic rings. The van der Waals surface area contributed by atoms with Gasteiger partial charge in [0.05, 0.1) is 12.7 Å². The van der Waals surface area contributed by atoms with Gasteiger partial charge in [-0.05, 0) is 0 Å². The van der Waals surface area contributed by atoms with Gasteiger partial charge in [-0.1, -0.05) is 15.9 Å². The Labute approximate surface area is 84.1 Å². The summed E-state index contributed by atoms with van der Waals surface area (Å²) in [5.74, 6) is 0.897. The minimum Gasteiger partial charge on any atom is -0.447 e. The second-order valence-electron chi connectivity index (χ2n) is 3.04. The second kappa shape index (κ2) is 3.49. The largest absolute Gasteiger partial charge is 0.447 e. The van der Waals surface area contributed by atoms with Crippen LogP contribution in [0.5, 0.6) is 0 Å². The maximum Gasteiger partial charge on any atom is 0.224 e. The molecule has 1 amide bonds. The number of carbonyl (C=O) groups is 1. The normalized spacial score (nSPS) is 22.7. The van der Waals surface area contributed by atoms with Crippen molar-refractivity contribution in [3.8, 4) is 0 Å². The van der Waals surface area contributed by atoms with Gasteiger partial charge in [-0.2, -0.15) is 0 Å². The molecule has 2 heterocycles. The SMILES string of the molecule is O=C1CC(Br)CN1Cc1cnco1. The zero-order valence-corrected chi connectivity index (χ0v) is 8.53. The van der Waals surface area contributed by atoms with E-state index in [4.69, 9.17) is 4.42 Å². The standard InChI is InChI=1S/C8H9BrN2O2/c9-6-1-8(12)11(3-6)4-7-2-10-5-13-7/h2,5-6H,1,3-4H2. The first kappa shape index (κ1) is 8.74. The zero-order chi connectivity index (χ0) is 9.26. The molecule has 13 heavy (non-hydrogen) atoms. The topological polar surface area (TPSA) is 46.3 Å². The van der Waals surface area contributed by atoms with E-state index in [-0.39, 0.29) is 10.7 Å². The molecule has 1 saturated heterocycles. The molecule has 2 rings (SSSR count). The van der Waals surface area contributed by atoms with Gasteiger partial charge in [0.25, 0.3) is 0 Å². The van der Waals surface area contributed by atoms with Crippen molar-refractivity contribution in [2.45, 2.75) is 17.8 Å². The third-order valence-electron chi connectivity index (χ3n) is 2.00. The molecular formula is C8H9BrN2O2. The van der Waals surface area contributed by atoms with Gasteiger partial charge in [0.1, 0.15) is 5.76 Å².